The number of hydrogen-bond donors (Lipinski definition) is 2. The van der Waals surface area contributed by atoms with Crippen molar-refractivity contribution < 1.29 is 14.4 Å². The molecular weight excluding hydrogens is 433 g/mol. The Bertz CT molecular complexity index is 995. The molecule has 0 atom stereocenters. The number of rotatable bonds is 1. The summed E-state index contributed by atoms with van der Waals surface area (Å²) >= 11 is 2.20. The van der Waals surface area contributed by atoms with Crippen molar-refractivity contribution >= 4 is 57.1 Å². The fraction of sp³-hybridized carbons (Fsp3) is 0.0556. The predicted octanol–water partition coefficient (Wildman–Crippen LogP) is 3.35. The van der Waals surface area contributed by atoms with Gasteiger partial charge in [-0.15, -0.1) is 0 Å². The molecule has 0 spiro atoms. The molecule has 2 aliphatic rings. The SMILES string of the molecule is CC(=O)O/N=C1\C(=C2\C(=O)Nc3cc(I)ccc32)Nc2ccccc21. The third-order valence-electron chi connectivity index (χ3n) is 3.92. The molecule has 0 unspecified atom stereocenters. The summed E-state index contributed by atoms with van der Waals surface area (Å²) in [5, 5.41) is 10.1. The van der Waals surface area contributed by atoms with Gasteiger partial charge in [0.1, 0.15) is 5.71 Å². The van der Waals surface area contributed by atoms with Gasteiger partial charge >= 0.3 is 5.97 Å². The van der Waals surface area contributed by atoms with Gasteiger partial charge in [-0.1, -0.05) is 29.4 Å². The quantitative estimate of drug-likeness (QED) is 0.306. The van der Waals surface area contributed by atoms with E-state index in [-0.39, 0.29) is 5.91 Å². The molecule has 25 heavy (non-hydrogen) atoms. The van der Waals surface area contributed by atoms with Crippen LogP contribution in [0.25, 0.3) is 5.57 Å². The second kappa shape index (κ2) is 5.99. The van der Waals surface area contributed by atoms with Gasteiger partial charge in [0.25, 0.3) is 5.91 Å². The van der Waals surface area contributed by atoms with Gasteiger partial charge in [-0.3, -0.25) is 4.79 Å². The standard InChI is InChI=1S/C18H12IN3O3/c1-9(23)25-22-16-12-4-2-3-5-13(12)20-17(16)15-11-7-6-10(19)8-14(11)21-18(15)24/h2-8,20H,1H3,(H,21,24)/b17-15-,22-16-. The number of hydrogen-bond acceptors (Lipinski definition) is 5. The Morgan fingerprint density at radius 1 is 1.08 bits per heavy atom. The monoisotopic (exact) mass is 445 g/mol. The van der Waals surface area contributed by atoms with Crippen molar-refractivity contribution in [3.05, 3.63) is 62.9 Å². The Hall–Kier alpha value is -2.68. The van der Waals surface area contributed by atoms with E-state index < -0.39 is 5.97 Å². The number of benzene rings is 2. The van der Waals surface area contributed by atoms with Crippen LogP contribution in [0.3, 0.4) is 0 Å². The van der Waals surface area contributed by atoms with Crippen molar-refractivity contribution in [3.8, 4) is 0 Å². The number of nitrogens with one attached hydrogen (secondary N) is 2. The summed E-state index contributed by atoms with van der Waals surface area (Å²) in [5.41, 5.74) is 4.57. The van der Waals surface area contributed by atoms with Crippen LogP contribution in [0.1, 0.15) is 18.1 Å². The highest BCUT2D eigenvalue weighted by Gasteiger charge is 2.34. The van der Waals surface area contributed by atoms with Gasteiger partial charge < -0.3 is 15.5 Å². The van der Waals surface area contributed by atoms with E-state index in [0.29, 0.717) is 17.0 Å². The molecule has 2 aromatic rings. The summed E-state index contributed by atoms with van der Waals surface area (Å²) in [4.78, 5) is 28.6. The van der Waals surface area contributed by atoms with E-state index in [4.69, 9.17) is 4.84 Å². The van der Waals surface area contributed by atoms with E-state index in [1.165, 1.54) is 6.92 Å². The summed E-state index contributed by atoms with van der Waals surface area (Å²) in [5.74, 6) is -0.741. The first kappa shape index (κ1) is 15.8. The van der Waals surface area contributed by atoms with Crippen molar-refractivity contribution in [2.24, 2.45) is 5.16 Å². The van der Waals surface area contributed by atoms with Crippen LogP contribution >= 0.6 is 22.6 Å². The van der Waals surface area contributed by atoms with Crippen molar-refractivity contribution in [1.29, 1.82) is 0 Å². The first-order valence-electron chi connectivity index (χ1n) is 7.52. The predicted molar refractivity (Wildman–Crippen MR) is 103 cm³/mol. The van der Waals surface area contributed by atoms with Gasteiger partial charge in [0.15, 0.2) is 0 Å². The molecule has 0 radical (unpaired) electrons. The van der Waals surface area contributed by atoms with Crippen LogP contribution < -0.4 is 10.6 Å². The van der Waals surface area contributed by atoms with Crippen LogP contribution in [0, 0.1) is 3.57 Å². The molecule has 0 aliphatic carbocycles. The normalized spacial score (nSPS) is 19.3. The number of oxime groups is 1. The lowest BCUT2D eigenvalue weighted by molar-refractivity contribution is -0.140. The molecule has 0 bridgehead atoms. The summed E-state index contributed by atoms with van der Waals surface area (Å²) in [6.45, 7) is 1.28. The van der Waals surface area contributed by atoms with E-state index in [1.54, 1.807) is 0 Å². The Balaban J connectivity index is 1.92. The minimum atomic E-state index is -0.521. The van der Waals surface area contributed by atoms with Crippen LogP contribution in [0.2, 0.25) is 0 Å². The van der Waals surface area contributed by atoms with Gasteiger partial charge in [0.2, 0.25) is 0 Å². The Labute approximate surface area is 157 Å². The smallest absolute Gasteiger partial charge is 0.332 e. The van der Waals surface area contributed by atoms with Gasteiger partial charge in [-0.2, -0.15) is 0 Å². The zero-order valence-electron chi connectivity index (χ0n) is 13.1. The molecule has 4 rings (SSSR count). The average molecular weight is 445 g/mol. The Kier molecular flexibility index (Phi) is 3.79. The molecular formula is C18H12IN3O3. The van der Waals surface area contributed by atoms with Gasteiger partial charge in [-0.25, -0.2) is 4.79 Å². The molecule has 6 nitrogen and oxygen atoms in total. The minimum Gasteiger partial charge on any atom is -0.352 e. The van der Waals surface area contributed by atoms with Crippen LogP contribution in [-0.4, -0.2) is 17.6 Å². The van der Waals surface area contributed by atoms with Gasteiger partial charge in [0.05, 0.1) is 17.0 Å². The molecule has 2 aliphatic heterocycles. The van der Waals surface area contributed by atoms with Gasteiger partial charge in [-0.05, 0) is 40.8 Å². The number of halogens is 1. The molecule has 2 aromatic carbocycles. The number of amides is 1. The number of para-hydroxylation sites is 1. The number of allylic oxidation sites excluding steroid dienone is 1. The third kappa shape index (κ3) is 2.70. The first-order chi connectivity index (χ1) is 12.0. The first-order valence-corrected chi connectivity index (χ1v) is 8.60. The van der Waals surface area contributed by atoms with Crippen molar-refractivity contribution in [2.45, 2.75) is 6.92 Å². The minimum absolute atomic E-state index is 0.220. The fourth-order valence-electron chi connectivity index (χ4n) is 2.91. The number of anilines is 2. The van der Waals surface area contributed by atoms with Crippen molar-refractivity contribution in [2.75, 3.05) is 10.6 Å². The van der Waals surface area contributed by atoms with Gasteiger partial charge in [0, 0.05) is 27.3 Å². The molecule has 0 fully saturated rings. The zero-order valence-corrected chi connectivity index (χ0v) is 15.2. The maximum atomic E-state index is 12.6. The van der Waals surface area contributed by atoms with Crippen LogP contribution in [0.5, 0.6) is 0 Å². The number of nitrogens with zero attached hydrogens (tertiary/aromatic N) is 1. The van der Waals surface area contributed by atoms with E-state index in [9.17, 15) is 9.59 Å². The molecule has 2 heterocycles. The van der Waals surface area contributed by atoms with Crippen molar-refractivity contribution in [3.63, 3.8) is 0 Å². The van der Waals surface area contributed by atoms with Crippen LogP contribution in [-0.2, 0) is 14.4 Å². The highest BCUT2D eigenvalue weighted by atomic mass is 127. The molecule has 124 valence electrons. The van der Waals surface area contributed by atoms with Crippen LogP contribution in [0.15, 0.2) is 53.3 Å². The third-order valence-corrected chi connectivity index (χ3v) is 4.59. The molecule has 7 heteroatoms. The highest BCUT2D eigenvalue weighted by Crippen LogP contribution is 2.39. The largest absolute Gasteiger partial charge is 0.352 e. The number of fused-ring (bicyclic) bond motifs is 2. The molecule has 2 N–H and O–H groups in total. The van der Waals surface area contributed by atoms with Crippen molar-refractivity contribution in [1.82, 2.24) is 0 Å². The topological polar surface area (TPSA) is 79.8 Å². The summed E-state index contributed by atoms with van der Waals surface area (Å²) in [6.07, 6.45) is 0. The summed E-state index contributed by atoms with van der Waals surface area (Å²) in [6, 6.07) is 13.2. The maximum absolute atomic E-state index is 12.6. The lowest BCUT2D eigenvalue weighted by atomic mass is 10.0. The van der Waals surface area contributed by atoms with E-state index in [2.05, 4.69) is 38.4 Å². The maximum Gasteiger partial charge on any atom is 0.332 e. The van der Waals surface area contributed by atoms with E-state index in [0.717, 1.165) is 26.1 Å². The van der Waals surface area contributed by atoms with E-state index >= 15 is 0 Å². The zero-order chi connectivity index (χ0) is 17.6. The second-order valence-corrected chi connectivity index (χ2v) is 6.83. The lowest BCUT2D eigenvalue weighted by Gasteiger charge is -2.06. The van der Waals surface area contributed by atoms with E-state index in [1.807, 2.05) is 42.5 Å². The molecule has 0 saturated carbocycles. The Morgan fingerprint density at radius 2 is 1.88 bits per heavy atom. The molecule has 0 saturated heterocycles. The summed E-state index contributed by atoms with van der Waals surface area (Å²) in [7, 11) is 0. The highest BCUT2D eigenvalue weighted by molar-refractivity contribution is 14.1. The number of carbonyl (C=O) groups excluding carboxylic acids is 2. The second-order valence-electron chi connectivity index (χ2n) is 5.59. The molecule has 1 amide bonds. The summed E-state index contributed by atoms with van der Waals surface area (Å²) < 4.78 is 1.03. The van der Waals surface area contributed by atoms with Crippen LogP contribution in [0.4, 0.5) is 11.4 Å². The average Bonchev–Trinajstić information content (AvgIpc) is 3.08. The molecule has 0 aromatic heterocycles. The number of carbonyl (C=O) groups is 2. The Morgan fingerprint density at radius 3 is 2.68 bits per heavy atom. The fourth-order valence-corrected chi connectivity index (χ4v) is 3.40. The lowest BCUT2D eigenvalue weighted by Crippen LogP contribution is -2.13.